The van der Waals surface area contributed by atoms with E-state index in [2.05, 4.69) is 32.8 Å². The summed E-state index contributed by atoms with van der Waals surface area (Å²) in [5.41, 5.74) is 1.23. The smallest absolute Gasteiger partial charge is 0.144 e. The second-order valence-electron chi connectivity index (χ2n) is 6.20. The van der Waals surface area contributed by atoms with Crippen molar-refractivity contribution >= 4 is 28.1 Å². The lowest BCUT2D eigenvalue weighted by atomic mass is 9.85. The Morgan fingerprint density at radius 3 is 2.62 bits per heavy atom. The molecule has 1 unspecified atom stereocenters. The summed E-state index contributed by atoms with van der Waals surface area (Å²) >= 11 is 9.05. The summed E-state index contributed by atoms with van der Waals surface area (Å²) in [6.45, 7) is 2.78. The molecule has 1 aromatic rings. The largest absolute Gasteiger partial charge is 0.370 e. The van der Waals surface area contributed by atoms with Gasteiger partial charge in [-0.3, -0.25) is 0 Å². The van der Waals surface area contributed by atoms with Crippen molar-refractivity contribution in [2.45, 2.75) is 63.9 Å². The molecular weight excluding hydrogens is 348 g/mol. The number of aromatic nitrogens is 2. The highest BCUT2D eigenvalue weighted by Crippen LogP contribution is 2.43. The van der Waals surface area contributed by atoms with Crippen molar-refractivity contribution in [3.05, 3.63) is 20.6 Å². The predicted octanol–water partition coefficient (Wildman–Crippen LogP) is 5.44. The number of nitrogens with zero attached hydrogens (tertiary/aromatic N) is 1. The van der Waals surface area contributed by atoms with Crippen LogP contribution < -0.4 is 0 Å². The quantitative estimate of drug-likeness (QED) is 0.701. The Bertz CT molecular complexity index is 550. The molecule has 0 saturated heterocycles. The number of halogens is 1. The van der Waals surface area contributed by atoms with Crippen LogP contribution in [0.1, 0.15) is 75.4 Å². The number of hydrogen-bond acceptors (Lipinski definition) is 3. The molecule has 116 valence electrons. The third-order valence-corrected chi connectivity index (χ3v) is 5.95. The van der Waals surface area contributed by atoms with E-state index in [4.69, 9.17) is 17.0 Å². The third kappa shape index (κ3) is 3.57. The predicted molar refractivity (Wildman–Crippen MR) is 90.0 cm³/mol. The number of H-pyrrole nitrogens is 1. The van der Waals surface area contributed by atoms with Gasteiger partial charge >= 0.3 is 0 Å². The van der Waals surface area contributed by atoms with Crippen LogP contribution in [-0.4, -0.2) is 16.6 Å². The second-order valence-corrected chi connectivity index (χ2v) is 7.38. The maximum Gasteiger partial charge on any atom is 0.144 e. The molecule has 1 atom stereocenters. The number of nitrogens with one attached hydrogen (secondary N) is 1. The van der Waals surface area contributed by atoms with Crippen molar-refractivity contribution < 1.29 is 4.74 Å². The van der Waals surface area contributed by atoms with Crippen LogP contribution in [0.25, 0.3) is 0 Å². The van der Waals surface area contributed by atoms with E-state index >= 15 is 0 Å². The molecule has 1 heterocycles. The van der Waals surface area contributed by atoms with Crippen molar-refractivity contribution in [3.8, 4) is 0 Å². The van der Waals surface area contributed by atoms with E-state index in [1.165, 1.54) is 50.6 Å². The number of rotatable bonds is 5. The van der Waals surface area contributed by atoms with Gasteiger partial charge in [0.05, 0.1) is 4.47 Å². The second kappa shape index (κ2) is 6.88. The first-order valence-corrected chi connectivity index (χ1v) is 9.32. The summed E-state index contributed by atoms with van der Waals surface area (Å²) in [4.78, 5) is 8.17. The Balaban J connectivity index is 1.92. The van der Waals surface area contributed by atoms with E-state index in [9.17, 15) is 0 Å². The maximum absolute atomic E-state index is 6.06. The highest BCUT2D eigenvalue weighted by atomic mass is 79.9. The van der Waals surface area contributed by atoms with Gasteiger partial charge in [-0.25, -0.2) is 4.98 Å². The van der Waals surface area contributed by atoms with Gasteiger partial charge in [0.2, 0.25) is 0 Å². The van der Waals surface area contributed by atoms with Gasteiger partial charge in [0.25, 0.3) is 0 Å². The van der Waals surface area contributed by atoms with E-state index in [0.717, 1.165) is 16.9 Å². The molecule has 0 aliphatic heterocycles. The summed E-state index contributed by atoms with van der Waals surface area (Å²) in [5, 5.41) is 0. The zero-order chi connectivity index (χ0) is 14.8. The van der Waals surface area contributed by atoms with Crippen molar-refractivity contribution in [1.29, 1.82) is 0 Å². The summed E-state index contributed by atoms with van der Waals surface area (Å²) in [5.74, 6) is 2.14. The SMILES string of the molecule is CCOC(c1nc(=S)c(Br)c(C2CC2)[nH]1)C1CCCCC1. The highest BCUT2D eigenvalue weighted by molar-refractivity contribution is 9.10. The molecule has 21 heavy (non-hydrogen) atoms. The average molecular weight is 371 g/mol. The summed E-state index contributed by atoms with van der Waals surface area (Å²) in [6, 6.07) is 0. The third-order valence-electron chi connectivity index (χ3n) is 4.59. The topological polar surface area (TPSA) is 37.9 Å². The first-order valence-electron chi connectivity index (χ1n) is 8.12. The number of hydrogen-bond donors (Lipinski definition) is 1. The van der Waals surface area contributed by atoms with Crippen LogP contribution in [0, 0.1) is 10.6 Å². The van der Waals surface area contributed by atoms with Gasteiger partial charge in [-0.1, -0.05) is 31.5 Å². The Kier molecular flexibility index (Phi) is 5.12. The normalized spacial score (nSPS) is 21.4. The lowest BCUT2D eigenvalue weighted by molar-refractivity contribution is -0.000420. The molecule has 0 spiro atoms. The molecule has 5 heteroatoms. The van der Waals surface area contributed by atoms with Gasteiger partial charge in [-0.2, -0.15) is 0 Å². The van der Waals surface area contributed by atoms with Crippen LogP contribution in [-0.2, 0) is 4.74 Å². The van der Waals surface area contributed by atoms with Gasteiger partial charge in [-0.05, 0) is 54.5 Å². The first-order chi connectivity index (χ1) is 10.2. The fourth-order valence-electron chi connectivity index (χ4n) is 3.34. The van der Waals surface area contributed by atoms with Crippen LogP contribution in [0.15, 0.2) is 4.47 Å². The molecule has 2 fully saturated rings. The van der Waals surface area contributed by atoms with Crippen molar-refractivity contribution in [2.75, 3.05) is 6.61 Å². The summed E-state index contributed by atoms with van der Waals surface area (Å²) < 4.78 is 7.71. The van der Waals surface area contributed by atoms with Crippen LogP contribution in [0.4, 0.5) is 0 Å². The van der Waals surface area contributed by atoms with Gasteiger partial charge in [0.15, 0.2) is 0 Å². The van der Waals surface area contributed by atoms with Gasteiger partial charge in [0.1, 0.15) is 16.6 Å². The number of ether oxygens (including phenoxy) is 1. The molecule has 2 aliphatic carbocycles. The van der Waals surface area contributed by atoms with E-state index in [1.54, 1.807) is 0 Å². The Morgan fingerprint density at radius 1 is 1.29 bits per heavy atom. The Morgan fingerprint density at radius 2 is 2.00 bits per heavy atom. The summed E-state index contributed by atoms with van der Waals surface area (Å²) in [6.07, 6.45) is 9.01. The lowest BCUT2D eigenvalue weighted by Crippen LogP contribution is -2.22. The molecule has 3 rings (SSSR count). The van der Waals surface area contributed by atoms with E-state index in [-0.39, 0.29) is 6.10 Å². The molecule has 1 N–H and O–H groups in total. The van der Waals surface area contributed by atoms with E-state index < -0.39 is 0 Å². The Labute approximate surface area is 140 Å². The molecule has 3 nitrogen and oxygen atoms in total. The molecule has 0 aromatic carbocycles. The summed E-state index contributed by atoms with van der Waals surface area (Å²) in [7, 11) is 0. The maximum atomic E-state index is 6.06. The molecule has 0 bridgehead atoms. The van der Waals surface area contributed by atoms with Crippen LogP contribution in [0.5, 0.6) is 0 Å². The fraction of sp³-hybridized carbons (Fsp3) is 0.750. The zero-order valence-electron chi connectivity index (χ0n) is 12.5. The first kappa shape index (κ1) is 15.6. The van der Waals surface area contributed by atoms with Crippen LogP contribution in [0.2, 0.25) is 0 Å². The minimum atomic E-state index is 0.0719. The Hall–Kier alpha value is -0.260. The molecule has 2 aliphatic rings. The minimum Gasteiger partial charge on any atom is -0.370 e. The number of aromatic amines is 1. The minimum absolute atomic E-state index is 0.0719. The van der Waals surface area contributed by atoms with E-state index in [0.29, 0.717) is 16.5 Å². The monoisotopic (exact) mass is 370 g/mol. The van der Waals surface area contributed by atoms with Crippen molar-refractivity contribution in [1.82, 2.24) is 9.97 Å². The molecule has 1 aromatic heterocycles. The van der Waals surface area contributed by atoms with Gasteiger partial charge in [0, 0.05) is 18.2 Å². The van der Waals surface area contributed by atoms with Gasteiger partial charge in [-0.15, -0.1) is 0 Å². The standard InChI is InChI=1S/C16H23BrN2OS/c1-2-20-14(11-6-4-3-5-7-11)15-18-13(10-8-9-10)12(17)16(21)19-15/h10-11,14H,2-9H2,1H3,(H,18,19,21). The molecular formula is C16H23BrN2OS. The molecule has 2 saturated carbocycles. The van der Waals surface area contributed by atoms with Crippen molar-refractivity contribution in [3.63, 3.8) is 0 Å². The molecule has 0 radical (unpaired) electrons. The van der Waals surface area contributed by atoms with E-state index in [1.807, 2.05) is 0 Å². The molecule has 0 amide bonds. The average Bonchev–Trinajstić information content (AvgIpc) is 3.33. The lowest BCUT2D eigenvalue weighted by Gasteiger charge is -2.29. The van der Waals surface area contributed by atoms with Crippen molar-refractivity contribution in [2.24, 2.45) is 5.92 Å². The zero-order valence-corrected chi connectivity index (χ0v) is 14.9. The highest BCUT2D eigenvalue weighted by Gasteiger charge is 2.31. The van der Waals surface area contributed by atoms with Gasteiger partial charge < -0.3 is 9.72 Å². The van der Waals surface area contributed by atoms with Crippen LogP contribution in [0.3, 0.4) is 0 Å². The fourth-order valence-corrected chi connectivity index (χ4v) is 4.06. The van der Waals surface area contributed by atoms with Crippen LogP contribution >= 0.6 is 28.1 Å².